The highest BCUT2D eigenvalue weighted by Crippen LogP contribution is 2.27. The van der Waals surface area contributed by atoms with Gasteiger partial charge in [-0.1, -0.05) is 19.1 Å². The second-order valence-corrected chi connectivity index (χ2v) is 7.88. The number of nitrogen functional groups attached to an aromatic ring is 1. The van der Waals surface area contributed by atoms with Gasteiger partial charge in [-0.3, -0.25) is 4.90 Å². The molecule has 3 rings (SSSR count). The van der Waals surface area contributed by atoms with Gasteiger partial charge in [0.05, 0.1) is 6.20 Å². The van der Waals surface area contributed by atoms with Crippen LogP contribution >= 0.6 is 15.9 Å². The van der Waals surface area contributed by atoms with Crippen molar-refractivity contribution in [3.05, 3.63) is 40.6 Å². The molecular weight excluding hydrogens is 440 g/mol. The van der Waals surface area contributed by atoms with Gasteiger partial charge in [0, 0.05) is 17.6 Å². The molecule has 1 amide bonds. The maximum absolute atomic E-state index is 11.7. The van der Waals surface area contributed by atoms with Crippen LogP contribution in [0.2, 0.25) is 0 Å². The Morgan fingerprint density at radius 1 is 1.24 bits per heavy atom. The molecule has 0 saturated carbocycles. The van der Waals surface area contributed by atoms with E-state index >= 15 is 0 Å². The minimum absolute atomic E-state index is 0.164. The number of rotatable bonds is 6. The van der Waals surface area contributed by atoms with Crippen LogP contribution in [0.1, 0.15) is 32.8 Å². The second-order valence-electron chi connectivity index (χ2n) is 7.07. The predicted octanol–water partition coefficient (Wildman–Crippen LogP) is 4.21. The molecule has 0 saturated heterocycles. The number of hydrogen-bond acceptors (Lipinski definition) is 7. The predicted molar refractivity (Wildman–Crippen MR) is 111 cm³/mol. The lowest BCUT2D eigenvalue weighted by Crippen LogP contribution is -2.46. The van der Waals surface area contributed by atoms with Crippen molar-refractivity contribution >= 4 is 27.8 Å². The summed E-state index contributed by atoms with van der Waals surface area (Å²) in [4.78, 5) is 21.3. The van der Waals surface area contributed by atoms with Crippen LogP contribution in [0.25, 0.3) is 23.0 Å². The summed E-state index contributed by atoms with van der Waals surface area (Å²) in [6.45, 7) is 6.07. The Balaban J connectivity index is 1.81. The Bertz CT molecular complexity index is 1020. The minimum Gasteiger partial charge on any atom is -0.465 e. The normalized spacial score (nSPS) is 11.4. The van der Waals surface area contributed by atoms with Crippen molar-refractivity contribution in [1.82, 2.24) is 25.1 Å². The number of carbonyl (C=O) groups is 1. The molecule has 0 aliphatic carbocycles. The summed E-state index contributed by atoms with van der Waals surface area (Å²) in [7, 11) is 0. The van der Waals surface area contributed by atoms with Gasteiger partial charge in [0.25, 0.3) is 5.89 Å². The summed E-state index contributed by atoms with van der Waals surface area (Å²) < 4.78 is 6.20. The summed E-state index contributed by atoms with van der Waals surface area (Å²) in [5.41, 5.74) is 7.23. The maximum Gasteiger partial charge on any atom is 0.408 e. The largest absolute Gasteiger partial charge is 0.465 e. The van der Waals surface area contributed by atoms with Crippen molar-refractivity contribution in [2.75, 3.05) is 5.73 Å². The van der Waals surface area contributed by atoms with E-state index in [1.54, 1.807) is 0 Å². The average Bonchev–Trinajstić information content (AvgIpc) is 3.18. The molecular formula is C19H21BrN6O3. The number of carboxylic acid groups (broad SMARTS) is 1. The summed E-state index contributed by atoms with van der Waals surface area (Å²) >= 11 is 3.24. The number of anilines is 1. The highest BCUT2D eigenvalue weighted by atomic mass is 79.9. The molecule has 2 heterocycles. The highest BCUT2D eigenvalue weighted by molar-refractivity contribution is 9.10. The van der Waals surface area contributed by atoms with Crippen molar-refractivity contribution in [3.63, 3.8) is 0 Å². The Morgan fingerprint density at radius 2 is 1.90 bits per heavy atom. The molecule has 0 aliphatic rings. The monoisotopic (exact) mass is 460 g/mol. The van der Waals surface area contributed by atoms with Gasteiger partial charge in [-0.25, -0.2) is 14.8 Å². The van der Waals surface area contributed by atoms with E-state index in [1.807, 2.05) is 45.0 Å². The number of nitrogens with two attached hydrogens (primary N) is 1. The van der Waals surface area contributed by atoms with Gasteiger partial charge in [0.2, 0.25) is 5.89 Å². The third kappa shape index (κ3) is 4.53. The van der Waals surface area contributed by atoms with Crippen LogP contribution in [0.5, 0.6) is 0 Å². The number of nitrogens with zero attached hydrogens (tertiary/aromatic N) is 5. The molecule has 1 aromatic carbocycles. The highest BCUT2D eigenvalue weighted by Gasteiger charge is 2.29. The Morgan fingerprint density at radius 3 is 2.52 bits per heavy atom. The first-order valence-corrected chi connectivity index (χ1v) is 9.72. The third-order valence-corrected chi connectivity index (χ3v) is 5.15. The van der Waals surface area contributed by atoms with Crippen molar-refractivity contribution in [2.24, 2.45) is 0 Å². The fourth-order valence-electron chi connectivity index (χ4n) is 2.64. The standard InChI is InChI=1S/C19H21BrN6O3/c1-4-19(2,3)26(18(27)28)10-11-5-7-12(8-6-11)16-24-25-17(29-16)14-15(21)22-9-13(20)23-14/h5-9H,4,10H2,1-3H3,(H2,21,22)(H,27,28). The maximum atomic E-state index is 11.7. The van der Waals surface area contributed by atoms with E-state index in [-0.39, 0.29) is 18.3 Å². The lowest BCUT2D eigenvalue weighted by Gasteiger charge is -2.35. The van der Waals surface area contributed by atoms with Crippen LogP contribution in [0.4, 0.5) is 10.6 Å². The van der Waals surface area contributed by atoms with Gasteiger partial charge in [0.1, 0.15) is 4.60 Å². The van der Waals surface area contributed by atoms with E-state index < -0.39 is 11.6 Å². The van der Waals surface area contributed by atoms with Crippen molar-refractivity contribution in [1.29, 1.82) is 0 Å². The first-order chi connectivity index (χ1) is 13.7. The molecule has 3 N–H and O–H groups in total. The molecule has 3 aromatic rings. The fourth-order valence-corrected chi connectivity index (χ4v) is 2.92. The van der Waals surface area contributed by atoms with Crippen LogP contribution in [0.3, 0.4) is 0 Å². The van der Waals surface area contributed by atoms with Gasteiger partial charge >= 0.3 is 6.09 Å². The molecule has 2 aromatic heterocycles. The third-order valence-electron chi connectivity index (χ3n) is 4.77. The average molecular weight is 461 g/mol. The smallest absolute Gasteiger partial charge is 0.408 e. The lowest BCUT2D eigenvalue weighted by molar-refractivity contribution is 0.0851. The fraction of sp³-hybridized carbons (Fsp3) is 0.316. The first kappa shape index (κ1) is 20.7. The molecule has 0 radical (unpaired) electrons. The molecule has 0 atom stereocenters. The van der Waals surface area contributed by atoms with Crippen LogP contribution in [-0.2, 0) is 6.54 Å². The number of aromatic nitrogens is 4. The number of amides is 1. The van der Waals surface area contributed by atoms with E-state index in [0.717, 1.165) is 5.56 Å². The Kier molecular flexibility index (Phi) is 5.83. The van der Waals surface area contributed by atoms with Gasteiger partial charge in [-0.05, 0) is 53.9 Å². The molecule has 0 spiro atoms. The molecule has 0 bridgehead atoms. The Labute approximate surface area is 176 Å². The Hall–Kier alpha value is -3.01. The van der Waals surface area contributed by atoms with Gasteiger partial charge in [-0.15, -0.1) is 10.2 Å². The van der Waals surface area contributed by atoms with Crippen LogP contribution in [0, 0.1) is 0 Å². The van der Waals surface area contributed by atoms with E-state index in [0.29, 0.717) is 28.2 Å². The summed E-state index contributed by atoms with van der Waals surface area (Å²) in [5.74, 6) is 0.653. The van der Waals surface area contributed by atoms with Crippen molar-refractivity contribution < 1.29 is 14.3 Å². The second kappa shape index (κ2) is 8.16. The van der Waals surface area contributed by atoms with E-state index in [4.69, 9.17) is 10.2 Å². The summed E-state index contributed by atoms with van der Waals surface area (Å²) in [6.07, 6.45) is 1.24. The SMILES string of the molecule is CCC(C)(C)N(Cc1ccc(-c2nnc(-c3nc(Br)cnc3N)o2)cc1)C(=O)O. The molecule has 9 nitrogen and oxygen atoms in total. The van der Waals surface area contributed by atoms with Crippen LogP contribution in [0.15, 0.2) is 39.5 Å². The zero-order valence-electron chi connectivity index (χ0n) is 16.3. The summed E-state index contributed by atoms with van der Waals surface area (Å²) in [6, 6.07) is 7.30. The molecule has 152 valence electrons. The molecule has 0 fully saturated rings. The minimum atomic E-state index is -0.949. The van der Waals surface area contributed by atoms with E-state index in [2.05, 4.69) is 36.1 Å². The molecule has 29 heavy (non-hydrogen) atoms. The number of halogens is 1. The van der Waals surface area contributed by atoms with Crippen LogP contribution in [-0.4, -0.2) is 41.8 Å². The zero-order chi connectivity index (χ0) is 21.2. The van der Waals surface area contributed by atoms with Crippen molar-refractivity contribution in [2.45, 2.75) is 39.3 Å². The number of benzene rings is 1. The van der Waals surface area contributed by atoms with Crippen LogP contribution < -0.4 is 5.73 Å². The van der Waals surface area contributed by atoms with E-state index in [1.165, 1.54) is 11.1 Å². The lowest BCUT2D eigenvalue weighted by atomic mass is 9.98. The van der Waals surface area contributed by atoms with Gasteiger partial charge in [0.15, 0.2) is 11.5 Å². The topological polar surface area (TPSA) is 131 Å². The first-order valence-electron chi connectivity index (χ1n) is 8.93. The zero-order valence-corrected chi connectivity index (χ0v) is 17.8. The van der Waals surface area contributed by atoms with Gasteiger partial charge in [-0.2, -0.15) is 0 Å². The molecule has 0 unspecified atom stereocenters. The summed E-state index contributed by atoms with van der Waals surface area (Å²) in [5, 5.41) is 17.6. The molecule has 0 aliphatic heterocycles. The molecule has 10 heteroatoms. The quantitative estimate of drug-likeness (QED) is 0.558. The van der Waals surface area contributed by atoms with Gasteiger partial charge < -0.3 is 15.3 Å². The number of hydrogen-bond donors (Lipinski definition) is 2. The van der Waals surface area contributed by atoms with E-state index in [9.17, 15) is 9.90 Å². The van der Waals surface area contributed by atoms with Crippen molar-refractivity contribution in [3.8, 4) is 23.0 Å².